The highest BCUT2D eigenvalue weighted by atomic mass is 16.7. The van der Waals surface area contributed by atoms with Gasteiger partial charge in [0.15, 0.2) is 5.79 Å². The lowest BCUT2D eigenvalue weighted by molar-refractivity contribution is -0.147. The second kappa shape index (κ2) is 7.24. The van der Waals surface area contributed by atoms with E-state index in [2.05, 4.69) is 0 Å². The van der Waals surface area contributed by atoms with Crippen LogP contribution >= 0.6 is 0 Å². The van der Waals surface area contributed by atoms with Crippen LogP contribution in [0, 0.1) is 0 Å². The Labute approximate surface area is 120 Å². The molecule has 0 spiro atoms. The second-order valence-corrected chi connectivity index (χ2v) is 5.59. The fraction of sp³-hybridized carbons (Fsp3) is 0.929. The predicted molar refractivity (Wildman–Crippen MR) is 72.5 cm³/mol. The molecular formula is C14H25NO5. The molecule has 1 atom stereocenters. The van der Waals surface area contributed by atoms with Crippen LogP contribution in [0.2, 0.25) is 0 Å². The van der Waals surface area contributed by atoms with Gasteiger partial charge in [-0.05, 0) is 32.6 Å². The van der Waals surface area contributed by atoms with Crippen molar-refractivity contribution in [2.45, 2.75) is 57.5 Å². The van der Waals surface area contributed by atoms with Gasteiger partial charge in [0.05, 0.1) is 13.2 Å². The van der Waals surface area contributed by atoms with Crippen LogP contribution in [-0.4, -0.2) is 54.5 Å². The third-order valence-electron chi connectivity index (χ3n) is 3.93. The molecule has 2 aliphatic rings. The Bertz CT molecular complexity index is 317. The zero-order chi connectivity index (χ0) is 14.4. The van der Waals surface area contributed by atoms with Gasteiger partial charge < -0.3 is 19.3 Å². The van der Waals surface area contributed by atoms with Gasteiger partial charge in [0.1, 0.15) is 6.23 Å². The minimum absolute atomic E-state index is 0.244. The molecule has 0 aliphatic carbocycles. The molecule has 1 unspecified atom stereocenters. The Kier molecular flexibility index (Phi) is 5.63. The molecule has 6 heteroatoms. The maximum Gasteiger partial charge on any atom is 0.409 e. The third-order valence-corrected chi connectivity index (χ3v) is 3.93. The summed E-state index contributed by atoms with van der Waals surface area (Å²) >= 11 is 0. The molecule has 0 radical (unpaired) electrons. The van der Waals surface area contributed by atoms with Gasteiger partial charge in [-0.3, -0.25) is 4.90 Å². The summed E-state index contributed by atoms with van der Waals surface area (Å²) in [5, 5.41) is 8.99. The van der Waals surface area contributed by atoms with E-state index >= 15 is 0 Å². The number of rotatable bonds is 7. The van der Waals surface area contributed by atoms with Crippen molar-refractivity contribution in [1.82, 2.24) is 4.90 Å². The molecule has 0 aromatic carbocycles. The average molecular weight is 287 g/mol. The number of hydrogen-bond acceptors (Lipinski definition) is 4. The van der Waals surface area contributed by atoms with E-state index in [4.69, 9.17) is 19.3 Å². The monoisotopic (exact) mass is 287 g/mol. The molecule has 2 aliphatic heterocycles. The summed E-state index contributed by atoms with van der Waals surface area (Å²) in [6.07, 6.45) is 4.51. The number of hydrogen-bond donors (Lipinski definition) is 1. The molecule has 116 valence electrons. The molecule has 2 saturated heterocycles. The SMILES string of the molecule is CC1(CCCCCOC2CCCN2C(=O)O)OCCO1. The van der Waals surface area contributed by atoms with Crippen LogP contribution in [0.15, 0.2) is 0 Å². The molecule has 0 aromatic rings. The molecule has 2 fully saturated rings. The van der Waals surface area contributed by atoms with Gasteiger partial charge in [0, 0.05) is 19.6 Å². The van der Waals surface area contributed by atoms with Gasteiger partial charge >= 0.3 is 6.09 Å². The standard InChI is InChI=1S/C14H25NO5/c1-14(19-10-11-20-14)7-3-2-4-9-18-12-6-5-8-15(12)13(16)17/h12H,2-11H2,1H3,(H,16,17). The van der Waals surface area contributed by atoms with Crippen molar-refractivity contribution in [2.75, 3.05) is 26.4 Å². The van der Waals surface area contributed by atoms with Crippen molar-refractivity contribution in [3.63, 3.8) is 0 Å². The summed E-state index contributed by atoms with van der Waals surface area (Å²) in [6, 6.07) is 0. The highest BCUT2D eigenvalue weighted by Crippen LogP contribution is 2.25. The first-order valence-electron chi connectivity index (χ1n) is 7.50. The minimum atomic E-state index is -0.879. The Balaban J connectivity index is 1.52. The van der Waals surface area contributed by atoms with Crippen molar-refractivity contribution >= 4 is 6.09 Å². The van der Waals surface area contributed by atoms with Gasteiger partial charge in [-0.25, -0.2) is 4.79 Å². The number of carbonyl (C=O) groups is 1. The van der Waals surface area contributed by atoms with E-state index in [1.807, 2.05) is 6.92 Å². The van der Waals surface area contributed by atoms with Gasteiger partial charge in [-0.2, -0.15) is 0 Å². The quantitative estimate of drug-likeness (QED) is 0.728. The highest BCUT2D eigenvalue weighted by molar-refractivity contribution is 5.65. The van der Waals surface area contributed by atoms with Crippen LogP contribution in [0.3, 0.4) is 0 Å². The van der Waals surface area contributed by atoms with Crippen molar-refractivity contribution in [3.05, 3.63) is 0 Å². The van der Waals surface area contributed by atoms with Gasteiger partial charge in [-0.15, -0.1) is 0 Å². The summed E-state index contributed by atoms with van der Waals surface area (Å²) in [5.41, 5.74) is 0. The maximum absolute atomic E-state index is 10.9. The summed E-state index contributed by atoms with van der Waals surface area (Å²) in [4.78, 5) is 12.3. The molecule has 1 N–H and O–H groups in total. The molecule has 0 saturated carbocycles. The average Bonchev–Trinajstić information content (AvgIpc) is 3.03. The van der Waals surface area contributed by atoms with Crippen molar-refractivity contribution < 1.29 is 24.1 Å². The van der Waals surface area contributed by atoms with E-state index in [0.717, 1.165) is 38.5 Å². The largest absolute Gasteiger partial charge is 0.465 e. The smallest absolute Gasteiger partial charge is 0.409 e. The van der Waals surface area contributed by atoms with E-state index in [0.29, 0.717) is 26.4 Å². The van der Waals surface area contributed by atoms with E-state index in [-0.39, 0.29) is 6.23 Å². The zero-order valence-corrected chi connectivity index (χ0v) is 12.2. The number of ether oxygens (including phenoxy) is 3. The second-order valence-electron chi connectivity index (χ2n) is 5.59. The highest BCUT2D eigenvalue weighted by Gasteiger charge is 2.30. The van der Waals surface area contributed by atoms with Crippen LogP contribution < -0.4 is 0 Å². The van der Waals surface area contributed by atoms with Crippen LogP contribution in [0.25, 0.3) is 0 Å². The van der Waals surface area contributed by atoms with Crippen LogP contribution in [0.5, 0.6) is 0 Å². The molecule has 0 aromatic heterocycles. The number of nitrogens with zero attached hydrogens (tertiary/aromatic N) is 1. The summed E-state index contributed by atoms with van der Waals surface area (Å²) in [5.74, 6) is -0.396. The summed E-state index contributed by atoms with van der Waals surface area (Å²) in [7, 11) is 0. The van der Waals surface area contributed by atoms with Gasteiger partial charge in [0.25, 0.3) is 0 Å². The first-order chi connectivity index (χ1) is 9.61. The number of carboxylic acid groups (broad SMARTS) is 1. The van der Waals surface area contributed by atoms with Crippen molar-refractivity contribution in [3.8, 4) is 0 Å². The first-order valence-corrected chi connectivity index (χ1v) is 7.50. The lowest BCUT2D eigenvalue weighted by atomic mass is 10.1. The molecule has 6 nitrogen and oxygen atoms in total. The van der Waals surface area contributed by atoms with Crippen LogP contribution in [0.4, 0.5) is 4.79 Å². The molecule has 2 heterocycles. The van der Waals surface area contributed by atoms with E-state index in [9.17, 15) is 4.79 Å². The van der Waals surface area contributed by atoms with Gasteiger partial charge in [0.2, 0.25) is 0 Å². The minimum Gasteiger partial charge on any atom is -0.465 e. The van der Waals surface area contributed by atoms with E-state index < -0.39 is 11.9 Å². The Morgan fingerprint density at radius 1 is 1.35 bits per heavy atom. The Morgan fingerprint density at radius 3 is 2.80 bits per heavy atom. The molecule has 1 amide bonds. The van der Waals surface area contributed by atoms with Crippen LogP contribution in [-0.2, 0) is 14.2 Å². The fourth-order valence-electron chi connectivity index (χ4n) is 2.77. The first kappa shape index (κ1) is 15.5. The normalized spacial score (nSPS) is 25.2. The lowest BCUT2D eigenvalue weighted by Gasteiger charge is -2.23. The molecule has 0 bridgehead atoms. The third kappa shape index (κ3) is 4.33. The van der Waals surface area contributed by atoms with E-state index in [1.54, 1.807) is 0 Å². The molecule has 20 heavy (non-hydrogen) atoms. The predicted octanol–water partition coefficient (Wildman–Crippen LogP) is 2.43. The topological polar surface area (TPSA) is 68.2 Å². The molecular weight excluding hydrogens is 262 g/mol. The summed E-state index contributed by atoms with van der Waals surface area (Å²) < 4.78 is 16.7. The van der Waals surface area contributed by atoms with Gasteiger partial charge in [-0.1, -0.05) is 6.42 Å². The molecule has 2 rings (SSSR count). The van der Waals surface area contributed by atoms with Crippen LogP contribution in [0.1, 0.15) is 45.4 Å². The summed E-state index contributed by atoms with van der Waals surface area (Å²) in [6.45, 7) is 4.57. The fourth-order valence-corrected chi connectivity index (χ4v) is 2.77. The lowest BCUT2D eigenvalue weighted by Crippen LogP contribution is -2.36. The number of unbranched alkanes of at least 4 members (excludes halogenated alkanes) is 2. The maximum atomic E-state index is 10.9. The van der Waals surface area contributed by atoms with Crippen molar-refractivity contribution in [2.24, 2.45) is 0 Å². The van der Waals surface area contributed by atoms with Crippen molar-refractivity contribution in [1.29, 1.82) is 0 Å². The van der Waals surface area contributed by atoms with E-state index in [1.165, 1.54) is 4.90 Å². The number of likely N-dealkylation sites (tertiary alicyclic amines) is 1. The Hall–Kier alpha value is -0.850. The zero-order valence-electron chi connectivity index (χ0n) is 12.2. The number of amides is 1. The Morgan fingerprint density at radius 2 is 2.10 bits per heavy atom.